The molecule has 0 radical (unpaired) electrons. The fourth-order valence-electron chi connectivity index (χ4n) is 2.57. The van der Waals surface area contributed by atoms with E-state index in [2.05, 4.69) is 15.4 Å². The van der Waals surface area contributed by atoms with E-state index in [1.807, 2.05) is 25.7 Å². The van der Waals surface area contributed by atoms with E-state index in [4.69, 9.17) is 5.73 Å². The Morgan fingerprint density at radius 3 is 2.46 bits per heavy atom. The van der Waals surface area contributed by atoms with Crippen LogP contribution in [0.15, 0.2) is 6.33 Å². The summed E-state index contributed by atoms with van der Waals surface area (Å²) in [6.45, 7) is 7.42. The minimum atomic E-state index is -0.664. The molecule has 0 aliphatic carbocycles. The smallest absolute Gasteiger partial charge is 0.248 e. The van der Waals surface area contributed by atoms with Gasteiger partial charge in [-0.15, -0.1) is 5.10 Å². The number of carbonyl (C=O) groups is 2. The van der Waals surface area contributed by atoms with Gasteiger partial charge in [0.2, 0.25) is 17.8 Å². The van der Waals surface area contributed by atoms with E-state index in [0.717, 1.165) is 25.9 Å². The molecule has 8 heteroatoms. The molecule has 1 saturated heterocycles. The third kappa shape index (κ3) is 5.02. The van der Waals surface area contributed by atoms with Gasteiger partial charge in [-0.1, -0.05) is 33.6 Å². The molecule has 0 unspecified atom stereocenters. The molecule has 24 heavy (non-hydrogen) atoms. The van der Waals surface area contributed by atoms with Crippen molar-refractivity contribution in [3.8, 4) is 0 Å². The van der Waals surface area contributed by atoms with Crippen LogP contribution in [-0.2, 0) is 16.1 Å². The highest BCUT2D eigenvalue weighted by molar-refractivity contribution is 5.93. The van der Waals surface area contributed by atoms with Crippen LogP contribution in [0.3, 0.4) is 0 Å². The Kier molecular flexibility index (Phi) is 5.93. The van der Waals surface area contributed by atoms with Crippen molar-refractivity contribution < 1.29 is 9.59 Å². The molecule has 0 spiro atoms. The molecule has 2 heterocycles. The van der Waals surface area contributed by atoms with E-state index < -0.39 is 6.04 Å². The van der Waals surface area contributed by atoms with Crippen LogP contribution in [0, 0.1) is 5.41 Å². The number of carbonyl (C=O) groups excluding carboxylic acids is 2. The lowest BCUT2D eigenvalue weighted by Crippen LogP contribution is -2.45. The van der Waals surface area contributed by atoms with Crippen LogP contribution in [0.25, 0.3) is 0 Å². The molecule has 1 fully saturated rings. The van der Waals surface area contributed by atoms with Crippen molar-refractivity contribution in [3.05, 3.63) is 6.33 Å². The maximum absolute atomic E-state index is 12.3. The number of likely N-dealkylation sites (tertiary alicyclic amines) is 1. The Bertz CT molecular complexity index is 569. The van der Waals surface area contributed by atoms with E-state index >= 15 is 0 Å². The lowest BCUT2D eigenvalue weighted by Gasteiger charge is -2.25. The SMILES string of the molecule is CC(C)(C)[C@H](N)C(=O)Nc1ncn(CC(=O)N2CCCCCC2)n1. The van der Waals surface area contributed by atoms with Crippen LogP contribution in [-0.4, -0.2) is 50.6 Å². The van der Waals surface area contributed by atoms with Crippen LogP contribution in [0.5, 0.6) is 0 Å². The predicted octanol–water partition coefficient (Wildman–Crippen LogP) is 0.993. The summed E-state index contributed by atoms with van der Waals surface area (Å²) in [5.41, 5.74) is 5.55. The molecule has 2 amide bonds. The Labute approximate surface area is 142 Å². The first-order valence-corrected chi connectivity index (χ1v) is 8.51. The molecule has 1 aliphatic rings. The van der Waals surface area contributed by atoms with Gasteiger partial charge in [0.25, 0.3) is 0 Å². The Morgan fingerprint density at radius 2 is 1.88 bits per heavy atom. The third-order valence-corrected chi connectivity index (χ3v) is 4.24. The van der Waals surface area contributed by atoms with Gasteiger partial charge in [0.05, 0.1) is 6.04 Å². The fourth-order valence-corrected chi connectivity index (χ4v) is 2.57. The zero-order chi connectivity index (χ0) is 17.7. The van der Waals surface area contributed by atoms with E-state index in [-0.39, 0.29) is 29.7 Å². The first kappa shape index (κ1) is 18.4. The van der Waals surface area contributed by atoms with E-state index in [1.54, 1.807) is 0 Å². The zero-order valence-electron chi connectivity index (χ0n) is 14.8. The molecule has 1 atom stereocenters. The number of nitrogens with one attached hydrogen (secondary N) is 1. The number of anilines is 1. The van der Waals surface area contributed by atoms with Gasteiger partial charge in [-0.3, -0.25) is 14.9 Å². The minimum absolute atomic E-state index is 0.0334. The molecule has 8 nitrogen and oxygen atoms in total. The highest BCUT2D eigenvalue weighted by Gasteiger charge is 2.28. The quantitative estimate of drug-likeness (QED) is 0.853. The number of hydrogen-bond acceptors (Lipinski definition) is 5. The maximum atomic E-state index is 12.3. The summed E-state index contributed by atoms with van der Waals surface area (Å²) in [7, 11) is 0. The fraction of sp³-hybridized carbons (Fsp3) is 0.750. The second kappa shape index (κ2) is 7.74. The van der Waals surface area contributed by atoms with Crippen LogP contribution in [0.2, 0.25) is 0 Å². The number of rotatable bonds is 4. The molecule has 1 aromatic heterocycles. The maximum Gasteiger partial charge on any atom is 0.248 e. The van der Waals surface area contributed by atoms with Gasteiger partial charge in [0.15, 0.2) is 0 Å². The average Bonchev–Trinajstić information content (AvgIpc) is 2.76. The van der Waals surface area contributed by atoms with Crippen molar-refractivity contribution in [2.75, 3.05) is 18.4 Å². The third-order valence-electron chi connectivity index (χ3n) is 4.24. The van der Waals surface area contributed by atoms with Gasteiger partial charge in [-0.05, 0) is 18.3 Å². The summed E-state index contributed by atoms with van der Waals surface area (Å²) < 4.78 is 1.45. The molecule has 134 valence electrons. The number of aromatic nitrogens is 3. The topological polar surface area (TPSA) is 106 Å². The highest BCUT2D eigenvalue weighted by atomic mass is 16.2. The molecule has 1 aromatic rings. The van der Waals surface area contributed by atoms with Gasteiger partial charge >= 0.3 is 0 Å². The molecule has 1 aliphatic heterocycles. The monoisotopic (exact) mass is 336 g/mol. The van der Waals surface area contributed by atoms with E-state index in [9.17, 15) is 9.59 Å². The van der Waals surface area contributed by atoms with Crippen molar-refractivity contribution in [3.63, 3.8) is 0 Å². The largest absolute Gasteiger partial charge is 0.341 e. The minimum Gasteiger partial charge on any atom is -0.341 e. The summed E-state index contributed by atoms with van der Waals surface area (Å²) >= 11 is 0. The van der Waals surface area contributed by atoms with Crippen LogP contribution < -0.4 is 11.1 Å². The Morgan fingerprint density at radius 1 is 1.25 bits per heavy atom. The zero-order valence-corrected chi connectivity index (χ0v) is 14.8. The van der Waals surface area contributed by atoms with Crippen molar-refractivity contribution >= 4 is 17.8 Å². The van der Waals surface area contributed by atoms with E-state index in [0.29, 0.717) is 0 Å². The van der Waals surface area contributed by atoms with Crippen LogP contribution in [0.4, 0.5) is 5.95 Å². The molecule has 3 N–H and O–H groups in total. The van der Waals surface area contributed by atoms with Gasteiger partial charge in [-0.2, -0.15) is 0 Å². The molecule has 2 rings (SSSR count). The van der Waals surface area contributed by atoms with Gasteiger partial charge in [0, 0.05) is 13.1 Å². The van der Waals surface area contributed by atoms with Crippen molar-refractivity contribution in [2.45, 2.75) is 59.0 Å². The van der Waals surface area contributed by atoms with Gasteiger partial charge in [-0.25, -0.2) is 9.67 Å². The lowest BCUT2D eigenvalue weighted by atomic mass is 9.87. The number of nitrogens with zero attached hydrogens (tertiary/aromatic N) is 4. The Balaban J connectivity index is 1.90. The van der Waals surface area contributed by atoms with Crippen LogP contribution >= 0.6 is 0 Å². The lowest BCUT2D eigenvalue weighted by molar-refractivity contribution is -0.132. The second-order valence-corrected chi connectivity index (χ2v) is 7.39. The van der Waals surface area contributed by atoms with Crippen molar-refractivity contribution in [1.82, 2.24) is 19.7 Å². The first-order chi connectivity index (χ1) is 11.3. The summed E-state index contributed by atoms with van der Waals surface area (Å²) in [5, 5.41) is 6.74. The average molecular weight is 336 g/mol. The summed E-state index contributed by atoms with van der Waals surface area (Å²) in [5.74, 6) is -0.131. The Hall–Kier alpha value is -1.96. The van der Waals surface area contributed by atoms with Crippen LogP contribution in [0.1, 0.15) is 46.5 Å². The van der Waals surface area contributed by atoms with Crippen molar-refractivity contribution in [1.29, 1.82) is 0 Å². The number of hydrogen-bond donors (Lipinski definition) is 2. The normalized spacial score (nSPS) is 17.2. The highest BCUT2D eigenvalue weighted by Crippen LogP contribution is 2.18. The number of nitrogens with two attached hydrogens (primary N) is 1. The van der Waals surface area contributed by atoms with Gasteiger partial charge in [0.1, 0.15) is 12.9 Å². The first-order valence-electron chi connectivity index (χ1n) is 8.51. The molecular weight excluding hydrogens is 308 g/mol. The molecule has 0 aromatic carbocycles. The second-order valence-electron chi connectivity index (χ2n) is 7.39. The molecule has 0 bridgehead atoms. The number of amides is 2. The van der Waals surface area contributed by atoms with E-state index in [1.165, 1.54) is 23.9 Å². The summed E-state index contributed by atoms with van der Waals surface area (Å²) in [4.78, 5) is 30.3. The van der Waals surface area contributed by atoms with Gasteiger partial charge < -0.3 is 10.6 Å². The molecular formula is C16H28N6O2. The standard InChI is InChI=1S/C16H28N6O2/c1-16(2,3)13(17)14(24)19-15-18-11-22(20-15)10-12(23)21-8-6-4-5-7-9-21/h11,13H,4-10,17H2,1-3H3,(H,19,20,24)/t13-/m1/s1. The summed E-state index contributed by atoms with van der Waals surface area (Å²) in [6, 6.07) is -0.664. The molecule has 0 saturated carbocycles. The summed E-state index contributed by atoms with van der Waals surface area (Å²) in [6.07, 6.45) is 5.91. The predicted molar refractivity (Wildman–Crippen MR) is 91.1 cm³/mol. The van der Waals surface area contributed by atoms with Crippen molar-refractivity contribution in [2.24, 2.45) is 11.1 Å².